The number of nitrogens with zero attached hydrogens (tertiary/aromatic N) is 7. The maximum atomic E-state index is 12.6. The number of rotatable bonds is 5. The largest absolute Gasteiger partial charge is 0.462 e. The van der Waals surface area contributed by atoms with Gasteiger partial charge in [-0.1, -0.05) is 5.16 Å². The highest BCUT2D eigenvalue weighted by Crippen LogP contribution is 2.33. The third kappa shape index (κ3) is 3.67. The summed E-state index contributed by atoms with van der Waals surface area (Å²) in [6.45, 7) is 9.66. The van der Waals surface area contributed by atoms with Gasteiger partial charge in [0.25, 0.3) is 0 Å². The zero-order valence-corrected chi connectivity index (χ0v) is 17.2. The van der Waals surface area contributed by atoms with E-state index >= 15 is 0 Å². The Labute approximate surface area is 168 Å². The van der Waals surface area contributed by atoms with Gasteiger partial charge in [-0.05, 0) is 13.8 Å². The molecule has 0 N–H and O–H groups in total. The summed E-state index contributed by atoms with van der Waals surface area (Å²) in [5.41, 5.74) is 2.95. The van der Waals surface area contributed by atoms with Crippen LogP contribution >= 0.6 is 0 Å². The first-order valence-electron chi connectivity index (χ1n) is 9.73. The number of ether oxygens (including phenoxy) is 1. The number of piperazine rings is 1. The second-order valence-electron chi connectivity index (χ2n) is 7.14. The molecule has 1 fully saturated rings. The van der Waals surface area contributed by atoms with Crippen LogP contribution < -0.4 is 4.90 Å². The zero-order chi connectivity index (χ0) is 20.5. The number of hydrogen-bond donors (Lipinski definition) is 0. The summed E-state index contributed by atoms with van der Waals surface area (Å²) >= 11 is 0. The summed E-state index contributed by atoms with van der Waals surface area (Å²) in [7, 11) is 1.86. The van der Waals surface area contributed by atoms with Crippen LogP contribution in [0.25, 0.3) is 11.0 Å². The van der Waals surface area contributed by atoms with Gasteiger partial charge in [0.2, 0.25) is 5.89 Å². The molecular weight excluding hydrogens is 374 g/mol. The highest BCUT2D eigenvalue weighted by molar-refractivity contribution is 6.05. The van der Waals surface area contributed by atoms with Crippen molar-refractivity contribution in [2.24, 2.45) is 7.05 Å². The number of esters is 1. The Balaban J connectivity index is 1.62. The standard InChI is InChI=1S/C19H25N7O3/c1-5-28-19(27)14-10-20-18-16(12(2)22-24(18)4)17(14)26-8-6-25(7-9-26)11-15-21-13(3)29-23-15/h10H,5-9,11H2,1-4H3. The lowest BCUT2D eigenvalue weighted by molar-refractivity contribution is 0.0526. The van der Waals surface area contributed by atoms with Crippen LogP contribution in [0.2, 0.25) is 0 Å². The normalized spacial score (nSPS) is 15.2. The maximum Gasteiger partial charge on any atom is 0.341 e. The maximum absolute atomic E-state index is 12.6. The Morgan fingerprint density at radius 2 is 2.00 bits per heavy atom. The van der Waals surface area contributed by atoms with Crippen molar-refractivity contribution in [2.75, 3.05) is 37.7 Å². The van der Waals surface area contributed by atoms with Crippen LogP contribution in [0.15, 0.2) is 10.7 Å². The Kier molecular flexibility index (Phi) is 5.18. The van der Waals surface area contributed by atoms with E-state index in [1.165, 1.54) is 0 Å². The highest BCUT2D eigenvalue weighted by Gasteiger charge is 2.27. The molecule has 0 spiro atoms. The van der Waals surface area contributed by atoms with Crippen molar-refractivity contribution >= 4 is 22.7 Å². The van der Waals surface area contributed by atoms with Gasteiger partial charge in [0.1, 0.15) is 5.56 Å². The van der Waals surface area contributed by atoms with Gasteiger partial charge in [0, 0.05) is 46.3 Å². The molecule has 0 radical (unpaired) electrons. The molecule has 0 atom stereocenters. The first kappa shape index (κ1) is 19.3. The van der Waals surface area contributed by atoms with Crippen molar-refractivity contribution in [3.05, 3.63) is 29.2 Å². The number of aryl methyl sites for hydroxylation is 3. The minimum absolute atomic E-state index is 0.320. The van der Waals surface area contributed by atoms with Crippen LogP contribution in [0.1, 0.15) is 34.7 Å². The fourth-order valence-corrected chi connectivity index (χ4v) is 3.81. The van der Waals surface area contributed by atoms with Gasteiger partial charge in [-0.2, -0.15) is 10.1 Å². The molecule has 10 nitrogen and oxygen atoms in total. The van der Waals surface area contributed by atoms with E-state index in [4.69, 9.17) is 9.26 Å². The Morgan fingerprint density at radius 1 is 1.24 bits per heavy atom. The minimum Gasteiger partial charge on any atom is -0.462 e. The number of pyridine rings is 1. The number of carbonyl (C=O) groups excluding carboxylic acids is 1. The molecule has 0 bridgehead atoms. The summed E-state index contributed by atoms with van der Waals surface area (Å²) in [6, 6.07) is 0. The average Bonchev–Trinajstić information content (AvgIpc) is 3.24. The summed E-state index contributed by atoms with van der Waals surface area (Å²) < 4.78 is 12.1. The van der Waals surface area contributed by atoms with Crippen LogP contribution in [0.3, 0.4) is 0 Å². The molecule has 1 saturated heterocycles. The SMILES string of the molecule is CCOC(=O)c1cnc2c(c(C)nn2C)c1N1CCN(Cc2noc(C)n2)CC1. The van der Waals surface area contributed by atoms with Gasteiger partial charge in [0.05, 0.1) is 29.9 Å². The number of hydrogen-bond acceptors (Lipinski definition) is 9. The van der Waals surface area contributed by atoms with E-state index in [1.54, 1.807) is 24.7 Å². The van der Waals surface area contributed by atoms with E-state index in [2.05, 4.69) is 30.0 Å². The number of carbonyl (C=O) groups is 1. The van der Waals surface area contributed by atoms with E-state index in [9.17, 15) is 4.79 Å². The lowest BCUT2D eigenvalue weighted by Crippen LogP contribution is -2.46. The van der Waals surface area contributed by atoms with E-state index in [-0.39, 0.29) is 5.97 Å². The van der Waals surface area contributed by atoms with Gasteiger partial charge in [-0.3, -0.25) is 9.58 Å². The Hall–Kier alpha value is -3.01. The quantitative estimate of drug-likeness (QED) is 0.590. The summed E-state index contributed by atoms with van der Waals surface area (Å²) in [4.78, 5) is 25.9. The molecule has 0 unspecified atom stereocenters. The van der Waals surface area contributed by atoms with Crippen LogP contribution in [0.5, 0.6) is 0 Å². The predicted octanol–water partition coefficient (Wildman–Crippen LogP) is 1.47. The highest BCUT2D eigenvalue weighted by atomic mass is 16.5. The van der Waals surface area contributed by atoms with E-state index in [1.807, 2.05) is 14.0 Å². The first-order valence-corrected chi connectivity index (χ1v) is 9.73. The number of fused-ring (bicyclic) bond motifs is 1. The third-order valence-electron chi connectivity index (χ3n) is 5.12. The van der Waals surface area contributed by atoms with Crippen LogP contribution in [0, 0.1) is 13.8 Å². The van der Waals surface area contributed by atoms with Crippen LogP contribution in [0.4, 0.5) is 5.69 Å². The molecule has 1 aliphatic heterocycles. The molecule has 10 heteroatoms. The van der Waals surface area contributed by atoms with E-state index in [0.29, 0.717) is 30.4 Å². The third-order valence-corrected chi connectivity index (χ3v) is 5.12. The van der Waals surface area contributed by atoms with Gasteiger partial charge < -0.3 is 14.2 Å². The summed E-state index contributed by atoms with van der Waals surface area (Å²) in [6.07, 6.45) is 1.60. The van der Waals surface area contributed by atoms with Crippen molar-refractivity contribution < 1.29 is 14.1 Å². The molecule has 29 heavy (non-hydrogen) atoms. The molecule has 4 heterocycles. The van der Waals surface area contributed by atoms with Gasteiger partial charge in [-0.25, -0.2) is 9.78 Å². The lowest BCUT2D eigenvalue weighted by atomic mass is 10.1. The monoisotopic (exact) mass is 399 g/mol. The fraction of sp³-hybridized carbons (Fsp3) is 0.526. The molecule has 4 rings (SSSR count). The van der Waals surface area contributed by atoms with Crippen LogP contribution in [-0.2, 0) is 18.3 Å². The summed E-state index contributed by atoms with van der Waals surface area (Å²) in [5, 5.41) is 9.38. The molecule has 154 valence electrons. The van der Waals surface area contributed by atoms with Crippen LogP contribution in [-0.4, -0.2) is 68.6 Å². The summed E-state index contributed by atoms with van der Waals surface area (Å²) in [5.74, 6) is 0.909. The van der Waals surface area contributed by atoms with Crippen molar-refractivity contribution in [1.29, 1.82) is 0 Å². The molecular formula is C19H25N7O3. The molecule has 0 aromatic carbocycles. The van der Waals surface area contributed by atoms with Gasteiger partial charge in [-0.15, -0.1) is 0 Å². The van der Waals surface area contributed by atoms with E-state index in [0.717, 1.165) is 48.6 Å². The minimum atomic E-state index is -0.357. The topological polar surface area (TPSA) is 102 Å². The van der Waals surface area contributed by atoms with Crippen molar-refractivity contribution in [2.45, 2.75) is 27.3 Å². The molecule has 3 aromatic rings. The lowest BCUT2D eigenvalue weighted by Gasteiger charge is -2.36. The Morgan fingerprint density at radius 3 is 2.66 bits per heavy atom. The molecule has 1 aliphatic rings. The molecule has 3 aromatic heterocycles. The predicted molar refractivity (Wildman–Crippen MR) is 106 cm³/mol. The van der Waals surface area contributed by atoms with E-state index < -0.39 is 0 Å². The second kappa shape index (κ2) is 7.78. The van der Waals surface area contributed by atoms with Crippen molar-refractivity contribution in [3.8, 4) is 0 Å². The fourth-order valence-electron chi connectivity index (χ4n) is 3.81. The van der Waals surface area contributed by atoms with Gasteiger partial charge in [0.15, 0.2) is 11.5 Å². The second-order valence-corrected chi connectivity index (χ2v) is 7.14. The average molecular weight is 399 g/mol. The first-order chi connectivity index (χ1) is 14.0. The smallest absolute Gasteiger partial charge is 0.341 e. The Bertz CT molecular complexity index is 1030. The van der Waals surface area contributed by atoms with Crippen molar-refractivity contribution in [1.82, 2.24) is 29.8 Å². The zero-order valence-electron chi connectivity index (χ0n) is 17.2. The number of aromatic nitrogens is 5. The van der Waals surface area contributed by atoms with Crippen molar-refractivity contribution in [3.63, 3.8) is 0 Å². The number of anilines is 1. The molecule has 0 aliphatic carbocycles. The van der Waals surface area contributed by atoms with Gasteiger partial charge >= 0.3 is 5.97 Å². The molecule has 0 saturated carbocycles. The molecule has 0 amide bonds.